The number of hydrogen-bond donors (Lipinski definition) is 3. The van der Waals surface area contributed by atoms with Gasteiger partial charge < -0.3 is 15.5 Å². The number of carbonyl (C=O) groups excluding carboxylic acids is 1. The standard InChI is InChI=1S/C10H9BrClNO4/c11-7-2-1-5(12)3-6(7)9(15)13-8(4-14)10(16)17/h1-3,8,14H,4H2,(H,13,15)(H,16,17). The van der Waals surface area contributed by atoms with Crippen LogP contribution < -0.4 is 5.32 Å². The van der Waals surface area contributed by atoms with E-state index in [9.17, 15) is 9.59 Å². The molecule has 1 unspecified atom stereocenters. The highest BCUT2D eigenvalue weighted by Gasteiger charge is 2.20. The van der Waals surface area contributed by atoms with Crippen molar-refractivity contribution in [1.29, 1.82) is 0 Å². The lowest BCUT2D eigenvalue weighted by Crippen LogP contribution is -2.43. The summed E-state index contributed by atoms with van der Waals surface area (Å²) in [6, 6.07) is 3.22. The Morgan fingerprint density at radius 1 is 1.47 bits per heavy atom. The first-order valence-corrected chi connectivity index (χ1v) is 5.72. The Balaban J connectivity index is 2.89. The number of rotatable bonds is 4. The highest BCUT2D eigenvalue weighted by Crippen LogP contribution is 2.21. The summed E-state index contributed by atoms with van der Waals surface area (Å²) in [6.07, 6.45) is 0. The lowest BCUT2D eigenvalue weighted by molar-refractivity contribution is -0.140. The Labute approximate surface area is 111 Å². The van der Waals surface area contributed by atoms with Crippen molar-refractivity contribution in [2.75, 3.05) is 6.61 Å². The Morgan fingerprint density at radius 2 is 2.12 bits per heavy atom. The van der Waals surface area contributed by atoms with Crippen molar-refractivity contribution in [2.24, 2.45) is 0 Å². The highest BCUT2D eigenvalue weighted by molar-refractivity contribution is 9.10. The van der Waals surface area contributed by atoms with Crippen LogP contribution >= 0.6 is 27.5 Å². The molecule has 0 spiro atoms. The van der Waals surface area contributed by atoms with Gasteiger partial charge in [0.1, 0.15) is 0 Å². The zero-order chi connectivity index (χ0) is 13.0. The Kier molecular flexibility index (Phi) is 4.92. The molecule has 0 aliphatic heterocycles. The fraction of sp³-hybridized carbons (Fsp3) is 0.200. The number of aliphatic carboxylic acids is 1. The number of hydrogen-bond acceptors (Lipinski definition) is 3. The van der Waals surface area contributed by atoms with E-state index >= 15 is 0 Å². The molecular weight excluding hydrogens is 313 g/mol. The van der Waals surface area contributed by atoms with E-state index in [1.807, 2.05) is 0 Å². The van der Waals surface area contributed by atoms with Crippen LogP contribution in [0.1, 0.15) is 10.4 Å². The van der Waals surface area contributed by atoms with E-state index < -0.39 is 24.5 Å². The van der Waals surface area contributed by atoms with E-state index in [-0.39, 0.29) is 5.56 Å². The van der Waals surface area contributed by atoms with Gasteiger partial charge in [-0.25, -0.2) is 4.79 Å². The topological polar surface area (TPSA) is 86.6 Å². The maximum absolute atomic E-state index is 11.7. The van der Waals surface area contributed by atoms with Gasteiger partial charge in [0.15, 0.2) is 6.04 Å². The molecule has 17 heavy (non-hydrogen) atoms. The SMILES string of the molecule is O=C(NC(CO)C(=O)O)c1cc(Cl)ccc1Br. The number of carboxylic acids is 1. The molecule has 0 aliphatic rings. The van der Waals surface area contributed by atoms with Crippen LogP contribution in [0, 0.1) is 0 Å². The van der Waals surface area contributed by atoms with E-state index in [1.54, 1.807) is 12.1 Å². The molecule has 0 aliphatic carbocycles. The number of aliphatic hydroxyl groups excluding tert-OH is 1. The number of nitrogens with one attached hydrogen (secondary N) is 1. The van der Waals surface area contributed by atoms with Gasteiger partial charge in [0.25, 0.3) is 5.91 Å². The molecule has 0 fully saturated rings. The Bertz CT molecular complexity index is 452. The second kappa shape index (κ2) is 6.00. The third kappa shape index (κ3) is 3.69. The van der Waals surface area contributed by atoms with Crippen LogP contribution in [0.4, 0.5) is 0 Å². The Hall–Kier alpha value is -1.11. The van der Waals surface area contributed by atoms with E-state index in [2.05, 4.69) is 21.2 Å². The summed E-state index contributed by atoms with van der Waals surface area (Å²) in [4.78, 5) is 22.4. The van der Waals surface area contributed by atoms with Gasteiger partial charge in [0.05, 0.1) is 12.2 Å². The van der Waals surface area contributed by atoms with Crippen LogP contribution in [-0.4, -0.2) is 34.7 Å². The van der Waals surface area contributed by atoms with Crippen LogP contribution in [-0.2, 0) is 4.79 Å². The largest absolute Gasteiger partial charge is 0.480 e. The summed E-state index contributed by atoms with van der Waals surface area (Å²) < 4.78 is 0.487. The molecule has 7 heteroatoms. The van der Waals surface area contributed by atoms with Crippen molar-refractivity contribution in [3.8, 4) is 0 Å². The molecular formula is C10H9BrClNO4. The molecule has 92 valence electrons. The first-order chi connectivity index (χ1) is 7.95. The molecule has 1 rings (SSSR count). The maximum atomic E-state index is 11.7. The number of carbonyl (C=O) groups is 2. The second-order valence-corrected chi connectivity index (χ2v) is 4.46. The molecule has 0 bridgehead atoms. The fourth-order valence-electron chi connectivity index (χ4n) is 1.09. The summed E-state index contributed by atoms with van der Waals surface area (Å²) in [6.45, 7) is -0.681. The zero-order valence-electron chi connectivity index (χ0n) is 8.48. The lowest BCUT2D eigenvalue weighted by atomic mass is 10.2. The molecule has 0 saturated carbocycles. The molecule has 0 heterocycles. The summed E-state index contributed by atoms with van der Waals surface area (Å²) >= 11 is 8.88. The van der Waals surface area contributed by atoms with E-state index in [0.29, 0.717) is 9.50 Å². The Morgan fingerprint density at radius 3 is 2.65 bits per heavy atom. The zero-order valence-corrected chi connectivity index (χ0v) is 10.8. The predicted molar refractivity (Wildman–Crippen MR) is 65.1 cm³/mol. The fourth-order valence-corrected chi connectivity index (χ4v) is 1.69. The normalized spacial score (nSPS) is 11.9. The second-order valence-electron chi connectivity index (χ2n) is 3.17. The van der Waals surface area contributed by atoms with Crippen LogP contribution in [0.5, 0.6) is 0 Å². The van der Waals surface area contributed by atoms with Gasteiger partial charge in [-0.2, -0.15) is 0 Å². The van der Waals surface area contributed by atoms with Gasteiger partial charge in [-0.05, 0) is 34.1 Å². The van der Waals surface area contributed by atoms with E-state index in [4.69, 9.17) is 21.8 Å². The monoisotopic (exact) mass is 321 g/mol. The minimum atomic E-state index is -1.34. The van der Waals surface area contributed by atoms with Crippen molar-refractivity contribution in [1.82, 2.24) is 5.32 Å². The molecule has 1 amide bonds. The average Bonchev–Trinajstić information content (AvgIpc) is 2.28. The van der Waals surface area contributed by atoms with Crippen LogP contribution in [0.3, 0.4) is 0 Å². The van der Waals surface area contributed by atoms with Crippen molar-refractivity contribution >= 4 is 39.4 Å². The number of aliphatic hydroxyl groups is 1. The van der Waals surface area contributed by atoms with Gasteiger partial charge >= 0.3 is 5.97 Å². The molecule has 0 radical (unpaired) electrons. The van der Waals surface area contributed by atoms with Crippen LogP contribution in [0.15, 0.2) is 22.7 Å². The third-order valence-corrected chi connectivity index (χ3v) is 2.89. The first kappa shape index (κ1) is 14.0. The molecule has 0 saturated heterocycles. The summed E-state index contributed by atoms with van der Waals surface area (Å²) in [5, 5.41) is 20.0. The number of carboxylic acid groups (broad SMARTS) is 1. The summed E-state index contributed by atoms with van der Waals surface area (Å²) in [5.41, 5.74) is 0.206. The quantitative estimate of drug-likeness (QED) is 0.779. The summed E-state index contributed by atoms with van der Waals surface area (Å²) in [5.74, 6) is -1.93. The van der Waals surface area contributed by atoms with Crippen LogP contribution in [0.2, 0.25) is 5.02 Å². The highest BCUT2D eigenvalue weighted by atomic mass is 79.9. The summed E-state index contributed by atoms with van der Waals surface area (Å²) in [7, 11) is 0. The molecule has 1 aromatic rings. The van der Waals surface area contributed by atoms with Crippen molar-refractivity contribution < 1.29 is 19.8 Å². The van der Waals surface area contributed by atoms with Gasteiger partial charge in [0, 0.05) is 9.50 Å². The number of halogens is 2. The third-order valence-electron chi connectivity index (χ3n) is 1.96. The van der Waals surface area contributed by atoms with Crippen molar-refractivity contribution in [2.45, 2.75) is 6.04 Å². The van der Waals surface area contributed by atoms with Gasteiger partial charge in [0.2, 0.25) is 0 Å². The molecule has 5 nitrogen and oxygen atoms in total. The molecule has 3 N–H and O–H groups in total. The molecule has 0 aromatic heterocycles. The lowest BCUT2D eigenvalue weighted by Gasteiger charge is -2.12. The van der Waals surface area contributed by atoms with Gasteiger partial charge in [-0.1, -0.05) is 11.6 Å². The van der Waals surface area contributed by atoms with E-state index in [1.165, 1.54) is 6.07 Å². The predicted octanol–water partition coefficient (Wildman–Crippen LogP) is 1.28. The smallest absolute Gasteiger partial charge is 0.328 e. The van der Waals surface area contributed by atoms with Crippen molar-refractivity contribution in [3.63, 3.8) is 0 Å². The van der Waals surface area contributed by atoms with Gasteiger partial charge in [-0.15, -0.1) is 0 Å². The molecule has 1 aromatic carbocycles. The number of benzene rings is 1. The first-order valence-electron chi connectivity index (χ1n) is 4.55. The van der Waals surface area contributed by atoms with Crippen LogP contribution in [0.25, 0.3) is 0 Å². The maximum Gasteiger partial charge on any atom is 0.328 e. The van der Waals surface area contributed by atoms with Crippen molar-refractivity contribution in [3.05, 3.63) is 33.3 Å². The average molecular weight is 323 g/mol. The van der Waals surface area contributed by atoms with E-state index in [0.717, 1.165) is 0 Å². The van der Waals surface area contributed by atoms with Gasteiger partial charge in [-0.3, -0.25) is 4.79 Å². The molecule has 1 atom stereocenters. The minimum Gasteiger partial charge on any atom is -0.480 e. The number of amides is 1. The minimum absolute atomic E-state index is 0.206.